The summed E-state index contributed by atoms with van der Waals surface area (Å²) in [6, 6.07) is 13.7. The van der Waals surface area contributed by atoms with Gasteiger partial charge in [-0.05, 0) is 53.6 Å². The maximum atomic E-state index is 12.3. The van der Waals surface area contributed by atoms with Crippen LogP contribution in [0, 0.1) is 0 Å². The average molecular weight is 375 g/mol. The van der Waals surface area contributed by atoms with Gasteiger partial charge in [-0.3, -0.25) is 0 Å². The van der Waals surface area contributed by atoms with Crippen molar-refractivity contribution in [2.75, 3.05) is 5.32 Å². The minimum atomic E-state index is -2.85. The average Bonchev–Trinajstić information content (AvgIpc) is 3.09. The number of benzene rings is 2. The predicted octanol–water partition coefficient (Wildman–Crippen LogP) is 4.59. The maximum absolute atomic E-state index is 12.3. The molecule has 132 valence electrons. The molecule has 0 amide bonds. The van der Waals surface area contributed by atoms with Gasteiger partial charge in [0.2, 0.25) is 5.95 Å². The van der Waals surface area contributed by atoms with Gasteiger partial charge in [-0.1, -0.05) is 23.7 Å². The molecule has 3 aromatic rings. The van der Waals surface area contributed by atoms with Crippen LogP contribution in [0.25, 0.3) is 5.70 Å². The number of fused-ring (bicyclic) bond motifs is 1. The van der Waals surface area contributed by atoms with Crippen LogP contribution in [0.5, 0.6) is 5.75 Å². The minimum Gasteiger partial charge on any atom is -0.435 e. The van der Waals surface area contributed by atoms with E-state index in [9.17, 15) is 8.78 Å². The van der Waals surface area contributed by atoms with Crippen LogP contribution in [-0.2, 0) is 0 Å². The largest absolute Gasteiger partial charge is 0.435 e. The molecule has 1 aliphatic rings. The molecule has 5 nitrogen and oxygen atoms in total. The number of alkyl halides is 2. The third kappa shape index (κ3) is 3.25. The number of aromatic nitrogens is 3. The quantitative estimate of drug-likeness (QED) is 0.725. The highest BCUT2D eigenvalue weighted by atomic mass is 35.5. The second-order valence-electron chi connectivity index (χ2n) is 5.64. The minimum absolute atomic E-state index is 0.106. The van der Waals surface area contributed by atoms with Crippen LogP contribution in [0.4, 0.5) is 14.7 Å². The first-order valence-corrected chi connectivity index (χ1v) is 8.17. The van der Waals surface area contributed by atoms with Crippen molar-refractivity contribution in [1.82, 2.24) is 14.8 Å². The molecule has 1 unspecified atom stereocenters. The number of hydrogen-bond acceptors (Lipinski definition) is 4. The van der Waals surface area contributed by atoms with E-state index in [1.54, 1.807) is 22.9 Å². The summed E-state index contributed by atoms with van der Waals surface area (Å²) in [6.45, 7) is -2.85. The molecule has 2 heterocycles. The Morgan fingerprint density at radius 1 is 1.15 bits per heavy atom. The van der Waals surface area contributed by atoms with Crippen LogP contribution in [-0.4, -0.2) is 21.4 Å². The van der Waals surface area contributed by atoms with Crippen molar-refractivity contribution in [1.29, 1.82) is 0 Å². The van der Waals surface area contributed by atoms with E-state index in [1.807, 2.05) is 24.3 Å². The highest BCUT2D eigenvalue weighted by Crippen LogP contribution is 2.33. The third-order valence-electron chi connectivity index (χ3n) is 3.99. The molecule has 0 saturated heterocycles. The van der Waals surface area contributed by atoms with E-state index in [-0.39, 0.29) is 11.8 Å². The molecule has 2 aromatic carbocycles. The molecule has 0 fully saturated rings. The summed E-state index contributed by atoms with van der Waals surface area (Å²) in [5, 5.41) is 8.10. The second kappa shape index (κ2) is 6.76. The fraction of sp³-hybridized carbons (Fsp3) is 0.111. The summed E-state index contributed by atoms with van der Waals surface area (Å²) in [7, 11) is 0. The zero-order valence-corrected chi connectivity index (χ0v) is 14.1. The highest BCUT2D eigenvalue weighted by Gasteiger charge is 2.23. The Kier molecular flexibility index (Phi) is 4.30. The lowest BCUT2D eigenvalue weighted by Crippen LogP contribution is -2.20. The van der Waals surface area contributed by atoms with Gasteiger partial charge in [-0.15, -0.1) is 0 Å². The van der Waals surface area contributed by atoms with Crippen molar-refractivity contribution < 1.29 is 13.5 Å². The van der Waals surface area contributed by atoms with Gasteiger partial charge >= 0.3 is 6.61 Å². The zero-order chi connectivity index (χ0) is 18.1. The summed E-state index contributed by atoms with van der Waals surface area (Å²) in [4.78, 5) is 4.23. The fourth-order valence-electron chi connectivity index (χ4n) is 2.85. The van der Waals surface area contributed by atoms with Gasteiger partial charge < -0.3 is 10.1 Å². The number of nitrogens with one attached hydrogen (secondary N) is 1. The van der Waals surface area contributed by atoms with Crippen LogP contribution in [0.3, 0.4) is 0 Å². The van der Waals surface area contributed by atoms with Gasteiger partial charge in [0.05, 0.1) is 0 Å². The normalized spacial score (nSPS) is 16.0. The van der Waals surface area contributed by atoms with Crippen molar-refractivity contribution in [2.45, 2.75) is 12.7 Å². The molecule has 26 heavy (non-hydrogen) atoms. The highest BCUT2D eigenvalue weighted by molar-refractivity contribution is 6.30. The number of anilines is 1. The molecule has 0 saturated carbocycles. The van der Waals surface area contributed by atoms with Gasteiger partial charge in [-0.25, -0.2) is 4.68 Å². The molecular formula is C18H13ClF2N4O. The molecule has 1 N–H and O–H groups in total. The third-order valence-corrected chi connectivity index (χ3v) is 4.22. The monoisotopic (exact) mass is 374 g/mol. The van der Waals surface area contributed by atoms with Crippen molar-refractivity contribution in [3.05, 3.63) is 77.1 Å². The number of ether oxygens (including phenoxy) is 1. The number of allylic oxidation sites excluding steroid dienone is 1. The first kappa shape index (κ1) is 16.5. The Bertz CT molecular complexity index is 956. The van der Waals surface area contributed by atoms with E-state index >= 15 is 0 Å². The van der Waals surface area contributed by atoms with E-state index in [0.717, 1.165) is 16.8 Å². The predicted molar refractivity (Wildman–Crippen MR) is 94.3 cm³/mol. The van der Waals surface area contributed by atoms with Gasteiger partial charge in [0, 0.05) is 10.7 Å². The van der Waals surface area contributed by atoms with E-state index in [2.05, 4.69) is 20.1 Å². The van der Waals surface area contributed by atoms with E-state index < -0.39 is 6.61 Å². The first-order valence-electron chi connectivity index (χ1n) is 7.79. The summed E-state index contributed by atoms with van der Waals surface area (Å²) >= 11 is 6.12. The summed E-state index contributed by atoms with van der Waals surface area (Å²) in [5.74, 6) is 0.690. The van der Waals surface area contributed by atoms with Crippen LogP contribution in [0.2, 0.25) is 5.02 Å². The summed E-state index contributed by atoms with van der Waals surface area (Å²) < 4.78 is 30.7. The Labute approximate surface area is 152 Å². The molecule has 0 aliphatic carbocycles. The number of halogens is 3. The first-order chi connectivity index (χ1) is 12.6. The Morgan fingerprint density at radius 3 is 2.69 bits per heavy atom. The zero-order valence-electron chi connectivity index (χ0n) is 13.3. The van der Waals surface area contributed by atoms with Crippen LogP contribution in [0.1, 0.15) is 17.2 Å². The molecule has 4 rings (SSSR count). The number of hydrogen-bond donors (Lipinski definition) is 1. The molecule has 0 bridgehead atoms. The van der Waals surface area contributed by atoms with Crippen molar-refractivity contribution in [3.63, 3.8) is 0 Å². The van der Waals surface area contributed by atoms with Gasteiger partial charge in [0.15, 0.2) is 0 Å². The van der Waals surface area contributed by atoms with E-state index in [1.165, 1.54) is 18.5 Å². The summed E-state index contributed by atoms with van der Waals surface area (Å²) in [6.07, 6.45) is 3.45. The fourth-order valence-corrected chi connectivity index (χ4v) is 3.04. The second-order valence-corrected chi connectivity index (χ2v) is 6.07. The Morgan fingerprint density at radius 2 is 1.96 bits per heavy atom. The van der Waals surface area contributed by atoms with Gasteiger partial charge in [0.1, 0.15) is 18.1 Å². The van der Waals surface area contributed by atoms with Crippen LogP contribution in [0.15, 0.2) is 60.9 Å². The van der Waals surface area contributed by atoms with Gasteiger partial charge in [0.25, 0.3) is 0 Å². The molecule has 8 heteroatoms. The molecular weight excluding hydrogens is 362 g/mol. The molecule has 0 spiro atoms. The van der Waals surface area contributed by atoms with E-state index in [0.29, 0.717) is 11.0 Å². The Hall–Kier alpha value is -2.93. The van der Waals surface area contributed by atoms with E-state index in [4.69, 9.17) is 11.6 Å². The van der Waals surface area contributed by atoms with Crippen molar-refractivity contribution in [2.24, 2.45) is 0 Å². The topological polar surface area (TPSA) is 52.0 Å². The lowest BCUT2D eigenvalue weighted by molar-refractivity contribution is -0.0498. The van der Waals surface area contributed by atoms with Crippen LogP contribution < -0.4 is 10.1 Å². The molecule has 1 atom stereocenters. The molecule has 1 aromatic heterocycles. The lowest BCUT2D eigenvalue weighted by Gasteiger charge is -2.24. The van der Waals surface area contributed by atoms with Crippen molar-refractivity contribution >= 4 is 23.2 Å². The SMILES string of the molecule is FC(F)Oc1ccc(C2=CC(c3cccc(Cl)c3)n3ncnc3N2)cc1. The van der Waals surface area contributed by atoms with Crippen molar-refractivity contribution in [3.8, 4) is 5.75 Å². The lowest BCUT2D eigenvalue weighted by atomic mass is 10.0. The maximum Gasteiger partial charge on any atom is 0.387 e. The van der Waals surface area contributed by atoms with Crippen LogP contribution >= 0.6 is 11.6 Å². The standard InChI is InChI=1S/C18H13ClF2N4O/c19-13-3-1-2-12(8-13)16-9-15(24-18-22-10-23-25(16)18)11-4-6-14(7-5-11)26-17(20)21/h1-10,16-17H,(H,22,23,24). The van der Waals surface area contributed by atoms with Gasteiger partial charge in [-0.2, -0.15) is 18.9 Å². The summed E-state index contributed by atoms with van der Waals surface area (Å²) in [5.41, 5.74) is 2.56. The Balaban J connectivity index is 1.70. The number of nitrogens with zero attached hydrogens (tertiary/aromatic N) is 3. The smallest absolute Gasteiger partial charge is 0.387 e. The molecule has 0 radical (unpaired) electrons. The number of rotatable bonds is 4. The molecule has 1 aliphatic heterocycles.